The fourth-order valence-electron chi connectivity index (χ4n) is 2.90. The summed E-state index contributed by atoms with van der Waals surface area (Å²) in [6.45, 7) is 11.2. The topological polar surface area (TPSA) is 48.9 Å². The highest BCUT2D eigenvalue weighted by molar-refractivity contribution is 14.0. The third-order valence-corrected chi connectivity index (χ3v) is 5.48. The number of nitrogens with one attached hydrogen (secondary N) is 2. The van der Waals surface area contributed by atoms with Crippen molar-refractivity contribution in [1.82, 2.24) is 15.5 Å². The third kappa shape index (κ3) is 6.50. The van der Waals surface area contributed by atoms with Gasteiger partial charge in [0.2, 0.25) is 0 Å². The largest absolute Gasteiger partial charge is 0.379 e. The number of ether oxygens (including phenoxy) is 1. The van der Waals surface area contributed by atoms with Crippen LogP contribution >= 0.6 is 35.3 Å². The lowest BCUT2D eigenvalue weighted by molar-refractivity contribution is -0.0174. The summed E-state index contributed by atoms with van der Waals surface area (Å²) in [6.07, 6.45) is 0. The lowest BCUT2D eigenvalue weighted by atomic mass is 10.1. The van der Waals surface area contributed by atoms with Gasteiger partial charge >= 0.3 is 0 Å². The van der Waals surface area contributed by atoms with Crippen LogP contribution in [0.2, 0.25) is 0 Å². The standard InChI is InChI=1S/C17H30N4OS.HI/c1-13(16-6-5-9-23-16)10-19-17(18-4)20-11-14(2)21-7-8-22-12-15(21)3;/h5-6,9,13-15H,7-8,10-12H2,1-4H3,(H2,18,19,20);1H. The van der Waals surface area contributed by atoms with Gasteiger partial charge in [-0.2, -0.15) is 0 Å². The Hall–Kier alpha value is -0.380. The van der Waals surface area contributed by atoms with Gasteiger partial charge in [0.25, 0.3) is 0 Å². The molecule has 1 aliphatic rings. The highest BCUT2D eigenvalue weighted by atomic mass is 127. The van der Waals surface area contributed by atoms with Gasteiger partial charge in [0.15, 0.2) is 5.96 Å². The Kier molecular flexibility index (Phi) is 10.2. The summed E-state index contributed by atoms with van der Waals surface area (Å²) in [7, 11) is 1.83. The molecule has 1 aromatic rings. The molecular formula is C17H31IN4OS. The molecule has 0 saturated carbocycles. The molecule has 1 aliphatic heterocycles. The molecule has 3 unspecified atom stereocenters. The van der Waals surface area contributed by atoms with Crippen LogP contribution in [-0.4, -0.2) is 62.8 Å². The van der Waals surface area contributed by atoms with Crippen molar-refractivity contribution in [3.8, 4) is 0 Å². The quantitative estimate of drug-likeness (QED) is 0.385. The van der Waals surface area contributed by atoms with E-state index in [4.69, 9.17) is 4.74 Å². The van der Waals surface area contributed by atoms with Crippen molar-refractivity contribution in [2.45, 2.75) is 38.8 Å². The van der Waals surface area contributed by atoms with Crippen LogP contribution in [0.3, 0.4) is 0 Å². The van der Waals surface area contributed by atoms with Crippen molar-refractivity contribution in [2.24, 2.45) is 4.99 Å². The third-order valence-electron chi connectivity index (χ3n) is 4.38. The first-order chi connectivity index (χ1) is 11.1. The van der Waals surface area contributed by atoms with Crippen LogP contribution < -0.4 is 10.6 Å². The first-order valence-corrected chi connectivity index (χ1v) is 9.31. The maximum Gasteiger partial charge on any atom is 0.191 e. The van der Waals surface area contributed by atoms with E-state index in [-0.39, 0.29) is 24.0 Å². The van der Waals surface area contributed by atoms with Gasteiger partial charge in [-0.25, -0.2) is 0 Å². The van der Waals surface area contributed by atoms with E-state index >= 15 is 0 Å². The SMILES string of the molecule is CN=C(NCC(C)c1cccs1)NCC(C)N1CCOCC1C.I. The Morgan fingerprint density at radius 2 is 2.17 bits per heavy atom. The molecule has 0 bridgehead atoms. The maximum absolute atomic E-state index is 5.51. The average molecular weight is 466 g/mol. The lowest BCUT2D eigenvalue weighted by Crippen LogP contribution is -2.53. The Balaban J connectivity index is 0.00000288. The number of thiophene rings is 1. The highest BCUT2D eigenvalue weighted by Crippen LogP contribution is 2.19. The molecule has 0 spiro atoms. The van der Waals surface area contributed by atoms with Gasteiger partial charge < -0.3 is 15.4 Å². The first kappa shape index (κ1) is 21.7. The number of hydrogen-bond acceptors (Lipinski definition) is 4. The number of hydrogen-bond donors (Lipinski definition) is 2. The minimum Gasteiger partial charge on any atom is -0.379 e. The summed E-state index contributed by atoms with van der Waals surface area (Å²) in [5, 5.41) is 9.01. The van der Waals surface area contributed by atoms with E-state index in [0.29, 0.717) is 18.0 Å². The summed E-state index contributed by atoms with van der Waals surface area (Å²) in [6, 6.07) is 5.24. The average Bonchev–Trinajstić information content (AvgIpc) is 3.09. The molecule has 2 rings (SSSR count). The van der Waals surface area contributed by atoms with Gasteiger partial charge in [0, 0.05) is 49.6 Å². The monoisotopic (exact) mass is 466 g/mol. The van der Waals surface area contributed by atoms with Crippen molar-refractivity contribution in [3.05, 3.63) is 22.4 Å². The van der Waals surface area contributed by atoms with Crippen molar-refractivity contribution in [1.29, 1.82) is 0 Å². The van der Waals surface area contributed by atoms with E-state index in [1.807, 2.05) is 18.4 Å². The fourth-order valence-corrected chi connectivity index (χ4v) is 3.69. The van der Waals surface area contributed by atoms with E-state index < -0.39 is 0 Å². The Labute approximate surface area is 167 Å². The van der Waals surface area contributed by atoms with Crippen molar-refractivity contribution < 1.29 is 4.74 Å². The number of guanidine groups is 1. The number of rotatable bonds is 6. The van der Waals surface area contributed by atoms with Gasteiger partial charge in [-0.1, -0.05) is 13.0 Å². The Morgan fingerprint density at radius 3 is 2.79 bits per heavy atom. The zero-order chi connectivity index (χ0) is 16.7. The molecule has 0 aromatic carbocycles. The minimum atomic E-state index is 0. The highest BCUT2D eigenvalue weighted by Gasteiger charge is 2.23. The molecule has 3 atom stereocenters. The van der Waals surface area contributed by atoms with Crippen molar-refractivity contribution >= 4 is 41.3 Å². The summed E-state index contributed by atoms with van der Waals surface area (Å²) in [5.41, 5.74) is 0. The second-order valence-corrected chi connectivity index (χ2v) is 7.24. The van der Waals surface area contributed by atoms with Crippen LogP contribution in [0.15, 0.2) is 22.5 Å². The fraction of sp³-hybridized carbons (Fsp3) is 0.706. The number of aliphatic imine (C=N–C) groups is 1. The van der Waals surface area contributed by atoms with E-state index in [1.165, 1.54) is 4.88 Å². The first-order valence-electron chi connectivity index (χ1n) is 8.43. The predicted octanol–water partition coefficient (Wildman–Crippen LogP) is 2.74. The Bertz CT molecular complexity index is 483. The van der Waals surface area contributed by atoms with E-state index in [2.05, 4.69) is 58.8 Å². The van der Waals surface area contributed by atoms with Crippen molar-refractivity contribution in [2.75, 3.05) is 39.9 Å². The van der Waals surface area contributed by atoms with Gasteiger partial charge in [0.05, 0.1) is 13.2 Å². The molecule has 24 heavy (non-hydrogen) atoms. The summed E-state index contributed by atoms with van der Waals surface area (Å²) < 4.78 is 5.51. The molecule has 138 valence electrons. The van der Waals surface area contributed by atoms with Gasteiger partial charge in [-0.05, 0) is 25.3 Å². The normalized spacial score (nSPS) is 21.7. The van der Waals surface area contributed by atoms with Crippen LogP contribution in [0, 0.1) is 0 Å². The molecule has 7 heteroatoms. The molecule has 1 aromatic heterocycles. The Morgan fingerprint density at radius 1 is 1.42 bits per heavy atom. The second kappa shape index (κ2) is 11.3. The second-order valence-electron chi connectivity index (χ2n) is 6.26. The molecule has 1 fully saturated rings. The molecule has 0 amide bonds. The summed E-state index contributed by atoms with van der Waals surface area (Å²) in [4.78, 5) is 8.24. The molecule has 2 N–H and O–H groups in total. The van der Waals surface area contributed by atoms with Crippen LogP contribution in [0.5, 0.6) is 0 Å². The number of morpholine rings is 1. The van der Waals surface area contributed by atoms with Crippen molar-refractivity contribution in [3.63, 3.8) is 0 Å². The maximum atomic E-state index is 5.51. The number of halogens is 1. The molecule has 0 radical (unpaired) electrons. The minimum absolute atomic E-state index is 0. The lowest BCUT2D eigenvalue weighted by Gasteiger charge is -2.38. The summed E-state index contributed by atoms with van der Waals surface area (Å²) >= 11 is 1.81. The van der Waals surface area contributed by atoms with Gasteiger partial charge in [0.1, 0.15) is 0 Å². The van der Waals surface area contributed by atoms with Crippen LogP contribution in [0.1, 0.15) is 31.6 Å². The van der Waals surface area contributed by atoms with Gasteiger partial charge in [-0.3, -0.25) is 9.89 Å². The molecule has 5 nitrogen and oxygen atoms in total. The van der Waals surface area contributed by atoms with E-state index in [1.54, 1.807) is 0 Å². The zero-order valence-electron chi connectivity index (χ0n) is 15.1. The molecular weight excluding hydrogens is 435 g/mol. The van der Waals surface area contributed by atoms with Crippen LogP contribution in [0.4, 0.5) is 0 Å². The predicted molar refractivity (Wildman–Crippen MR) is 114 cm³/mol. The molecule has 1 saturated heterocycles. The van der Waals surface area contributed by atoms with E-state index in [9.17, 15) is 0 Å². The smallest absolute Gasteiger partial charge is 0.191 e. The molecule has 0 aliphatic carbocycles. The van der Waals surface area contributed by atoms with Crippen LogP contribution in [0.25, 0.3) is 0 Å². The summed E-state index contributed by atoms with van der Waals surface area (Å²) in [5.74, 6) is 1.37. The van der Waals surface area contributed by atoms with Crippen LogP contribution in [-0.2, 0) is 4.74 Å². The van der Waals surface area contributed by atoms with E-state index in [0.717, 1.165) is 38.8 Å². The number of nitrogens with zero attached hydrogens (tertiary/aromatic N) is 2. The molecule has 2 heterocycles. The van der Waals surface area contributed by atoms with Gasteiger partial charge in [-0.15, -0.1) is 35.3 Å². The zero-order valence-corrected chi connectivity index (χ0v) is 18.3.